The number of aliphatic hydroxyl groups is 1. The van der Waals surface area contributed by atoms with E-state index in [0.29, 0.717) is 12.6 Å². The fourth-order valence-corrected chi connectivity index (χ4v) is 1.61. The van der Waals surface area contributed by atoms with Gasteiger partial charge < -0.3 is 10.4 Å². The maximum atomic E-state index is 9.49. The first-order chi connectivity index (χ1) is 7.27. The van der Waals surface area contributed by atoms with E-state index in [2.05, 4.69) is 36.5 Å². The van der Waals surface area contributed by atoms with Crippen molar-refractivity contribution in [3.8, 4) is 0 Å². The van der Waals surface area contributed by atoms with E-state index in [1.165, 1.54) is 5.56 Å². The molecule has 0 saturated carbocycles. The summed E-state index contributed by atoms with van der Waals surface area (Å²) in [7, 11) is 0. The molecule has 1 aromatic carbocycles. The monoisotopic (exact) mass is 207 g/mol. The van der Waals surface area contributed by atoms with Crippen LogP contribution in [0.5, 0.6) is 0 Å². The highest BCUT2D eigenvalue weighted by Crippen LogP contribution is 2.15. The summed E-state index contributed by atoms with van der Waals surface area (Å²) in [6.07, 6.45) is 1.61. The van der Waals surface area contributed by atoms with E-state index in [-0.39, 0.29) is 6.10 Å². The van der Waals surface area contributed by atoms with E-state index >= 15 is 0 Å². The van der Waals surface area contributed by atoms with E-state index < -0.39 is 0 Å². The Hall–Kier alpha value is -0.860. The van der Waals surface area contributed by atoms with Gasteiger partial charge in [-0.25, -0.2) is 0 Å². The maximum absolute atomic E-state index is 9.49. The normalized spacial score (nSPS) is 14.9. The predicted octanol–water partition coefficient (Wildman–Crippen LogP) is 2.50. The second-order valence-electron chi connectivity index (χ2n) is 3.84. The SMILES string of the molecule is CCC(O)CNC(CC)c1ccccc1. The Labute approximate surface area is 92.3 Å². The van der Waals surface area contributed by atoms with Crippen molar-refractivity contribution in [3.63, 3.8) is 0 Å². The number of hydrogen-bond acceptors (Lipinski definition) is 2. The summed E-state index contributed by atoms with van der Waals surface area (Å²) in [5.74, 6) is 0. The van der Waals surface area contributed by atoms with Crippen LogP contribution in [0.3, 0.4) is 0 Å². The summed E-state index contributed by atoms with van der Waals surface area (Å²) in [6.45, 7) is 4.82. The fourth-order valence-electron chi connectivity index (χ4n) is 1.61. The zero-order valence-electron chi connectivity index (χ0n) is 9.61. The lowest BCUT2D eigenvalue weighted by molar-refractivity contribution is 0.162. The minimum Gasteiger partial charge on any atom is -0.392 e. The third-order valence-electron chi connectivity index (χ3n) is 2.68. The van der Waals surface area contributed by atoms with Crippen LogP contribution in [0.25, 0.3) is 0 Å². The summed E-state index contributed by atoms with van der Waals surface area (Å²) < 4.78 is 0. The van der Waals surface area contributed by atoms with Crippen LogP contribution in [0.15, 0.2) is 30.3 Å². The smallest absolute Gasteiger partial charge is 0.0662 e. The van der Waals surface area contributed by atoms with Gasteiger partial charge in [0.25, 0.3) is 0 Å². The average molecular weight is 207 g/mol. The third-order valence-corrected chi connectivity index (χ3v) is 2.68. The molecule has 0 aliphatic carbocycles. The van der Waals surface area contributed by atoms with Crippen LogP contribution in [0.1, 0.15) is 38.3 Å². The lowest BCUT2D eigenvalue weighted by Crippen LogP contribution is -2.29. The first kappa shape index (κ1) is 12.2. The Kier molecular flexibility index (Phi) is 5.37. The molecule has 15 heavy (non-hydrogen) atoms. The molecule has 0 saturated heterocycles. The molecule has 84 valence electrons. The van der Waals surface area contributed by atoms with E-state index in [0.717, 1.165) is 12.8 Å². The third kappa shape index (κ3) is 4.02. The summed E-state index contributed by atoms with van der Waals surface area (Å²) in [6, 6.07) is 10.7. The molecule has 0 heterocycles. The molecule has 0 fully saturated rings. The van der Waals surface area contributed by atoms with Crippen LogP contribution >= 0.6 is 0 Å². The molecule has 2 heteroatoms. The lowest BCUT2D eigenvalue weighted by Gasteiger charge is -2.19. The molecule has 0 amide bonds. The number of hydrogen-bond donors (Lipinski definition) is 2. The number of nitrogens with one attached hydrogen (secondary N) is 1. The van der Waals surface area contributed by atoms with Crippen LogP contribution in [0.2, 0.25) is 0 Å². The molecule has 1 aromatic rings. The Balaban J connectivity index is 2.50. The molecular weight excluding hydrogens is 186 g/mol. The fraction of sp³-hybridized carbons (Fsp3) is 0.538. The van der Waals surface area contributed by atoms with Crippen LogP contribution in [-0.4, -0.2) is 17.8 Å². The van der Waals surface area contributed by atoms with Gasteiger partial charge >= 0.3 is 0 Å². The zero-order valence-corrected chi connectivity index (χ0v) is 9.61. The quantitative estimate of drug-likeness (QED) is 0.751. The Bertz CT molecular complexity index is 260. The molecular formula is C13H21NO. The van der Waals surface area contributed by atoms with Crippen molar-refractivity contribution in [1.82, 2.24) is 5.32 Å². The number of aliphatic hydroxyl groups excluding tert-OH is 1. The van der Waals surface area contributed by atoms with Gasteiger partial charge in [0.1, 0.15) is 0 Å². The van der Waals surface area contributed by atoms with E-state index in [4.69, 9.17) is 0 Å². The van der Waals surface area contributed by atoms with Gasteiger partial charge in [-0.3, -0.25) is 0 Å². The van der Waals surface area contributed by atoms with Crippen LogP contribution in [-0.2, 0) is 0 Å². The summed E-state index contributed by atoms with van der Waals surface area (Å²) >= 11 is 0. The molecule has 0 aliphatic rings. The number of benzene rings is 1. The van der Waals surface area contributed by atoms with Crippen molar-refractivity contribution < 1.29 is 5.11 Å². The van der Waals surface area contributed by atoms with Gasteiger partial charge in [-0.05, 0) is 18.4 Å². The van der Waals surface area contributed by atoms with Gasteiger partial charge in [0.05, 0.1) is 6.10 Å². The molecule has 2 unspecified atom stereocenters. The average Bonchev–Trinajstić information content (AvgIpc) is 2.31. The zero-order chi connectivity index (χ0) is 11.1. The van der Waals surface area contributed by atoms with Gasteiger partial charge in [-0.1, -0.05) is 44.2 Å². The number of rotatable bonds is 6. The highest BCUT2D eigenvalue weighted by molar-refractivity contribution is 5.18. The highest BCUT2D eigenvalue weighted by Gasteiger charge is 2.09. The Morgan fingerprint density at radius 1 is 1.13 bits per heavy atom. The molecule has 0 bridgehead atoms. The van der Waals surface area contributed by atoms with Crippen molar-refractivity contribution in [2.45, 2.75) is 38.8 Å². The van der Waals surface area contributed by atoms with Crippen LogP contribution < -0.4 is 5.32 Å². The molecule has 0 spiro atoms. The van der Waals surface area contributed by atoms with E-state index in [9.17, 15) is 5.11 Å². The van der Waals surface area contributed by atoms with Gasteiger partial charge in [0, 0.05) is 12.6 Å². The van der Waals surface area contributed by atoms with Gasteiger partial charge in [0.15, 0.2) is 0 Å². The first-order valence-corrected chi connectivity index (χ1v) is 5.74. The van der Waals surface area contributed by atoms with Crippen molar-refractivity contribution >= 4 is 0 Å². The first-order valence-electron chi connectivity index (χ1n) is 5.74. The van der Waals surface area contributed by atoms with Crippen LogP contribution in [0, 0.1) is 0 Å². The summed E-state index contributed by atoms with van der Waals surface area (Å²) in [5.41, 5.74) is 1.29. The maximum Gasteiger partial charge on any atom is 0.0662 e. The molecule has 0 aliphatic heterocycles. The Morgan fingerprint density at radius 2 is 1.80 bits per heavy atom. The van der Waals surface area contributed by atoms with Crippen molar-refractivity contribution in [3.05, 3.63) is 35.9 Å². The van der Waals surface area contributed by atoms with Crippen molar-refractivity contribution in [2.75, 3.05) is 6.54 Å². The largest absolute Gasteiger partial charge is 0.392 e. The topological polar surface area (TPSA) is 32.3 Å². The molecule has 2 atom stereocenters. The molecule has 2 N–H and O–H groups in total. The predicted molar refractivity (Wildman–Crippen MR) is 63.8 cm³/mol. The molecule has 0 aromatic heterocycles. The second kappa shape index (κ2) is 6.59. The van der Waals surface area contributed by atoms with Crippen LogP contribution in [0.4, 0.5) is 0 Å². The second-order valence-corrected chi connectivity index (χ2v) is 3.84. The standard InChI is InChI=1S/C13H21NO/c1-3-12(15)10-14-13(4-2)11-8-6-5-7-9-11/h5-9,12-15H,3-4,10H2,1-2H3. The Morgan fingerprint density at radius 3 is 2.33 bits per heavy atom. The van der Waals surface area contributed by atoms with Gasteiger partial charge in [-0.2, -0.15) is 0 Å². The van der Waals surface area contributed by atoms with E-state index in [1.54, 1.807) is 0 Å². The molecule has 2 nitrogen and oxygen atoms in total. The van der Waals surface area contributed by atoms with E-state index in [1.807, 2.05) is 13.0 Å². The highest BCUT2D eigenvalue weighted by atomic mass is 16.3. The minimum absolute atomic E-state index is 0.234. The lowest BCUT2D eigenvalue weighted by atomic mass is 10.0. The van der Waals surface area contributed by atoms with Crippen molar-refractivity contribution in [2.24, 2.45) is 0 Å². The molecule has 0 radical (unpaired) electrons. The summed E-state index contributed by atoms with van der Waals surface area (Å²) in [5, 5.41) is 12.9. The van der Waals surface area contributed by atoms with Crippen molar-refractivity contribution in [1.29, 1.82) is 0 Å². The molecule has 1 rings (SSSR count). The van der Waals surface area contributed by atoms with Gasteiger partial charge in [-0.15, -0.1) is 0 Å². The summed E-state index contributed by atoms with van der Waals surface area (Å²) in [4.78, 5) is 0. The minimum atomic E-state index is -0.234. The van der Waals surface area contributed by atoms with Gasteiger partial charge in [0.2, 0.25) is 0 Å².